The fraction of sp³-hybridized carbons (Fsp3) is 0.350. The first kappa shape index (κ1) is 15.6. The number of ether oxygens (including phenoxy) is 1. The molecule has 0 saturated heterocycles. The number of aryl methyl sites for hydroxylation is 3. The summed E-state index contributed by atoms with van der Waals surface area (Å²) in [5.74, 6) is 0.916. The molecule has 0 fully saturated rings. The largest absolute Gasteiger partial charge is 0.494 e. The molecule has 1 N–H and O–H groups in total. The third kappa shape index (κ3) is 4.35. The van der Waals surface area contributed by atoms with Gasteiger partial charge in [0.25, 0.3) is 0 Å². The highest BCUT2D eigenvalue weighted by Crippen LogP contribution is 2.25. The normalized spacial score (nSPS) is 12.7. The maximum atomic E-state index is 12.0. The first-order chi connectivity index (χ1) is 11.2. The molecular weight excluding hydrogens is 286 g/mol. The van der Waals surface area contributed by atoms with Crippen molar-refractivity contribution in [1.82, 2.24) is 0 Å². The van der Waals surface area contributed by atoms with Gasteiger partial charge in [0.15, 0.2) is 0 Å². The number of carbonyl (C=O) groups is 1. The summed E-state index contributed by atoms with van der Waals surface area (Å²) in [5, 5.41) is 2.98. The molecule has 0 aromatic heterocycles. The fourth-order valence-corrected chi connectivity index (χ4v) is 3.00. The second-order valence-electron chi connectivity index (χ2n) is 6.15. The Kier molecular flexibility index (Phi) is 4.96. The molecule has 23 heavy (non-hydrogen) atoms. The fourth-order valence-electron chi connectivity index (χ4n) is 3.00. The molecule has 3 nitrogen and oxygen atoms in total. The average molecular weight is 309 g/mol. The van der Waals surface area contributed by atoms with Crippen LogP contribution in [-0.4, -0.2) is 12.5 Å². The van der Waals surface area contributed by atoms with Gasteiger partial charge in [-0.1, -0.05) is 18.2 Å². The lowest BCUT2D eigenvalue weighted by molar-refractivity contribution is -0.116. The van der Waals surface area contributed by atoms with Crippen LogP contribution in [0.5, 0.6) is 5.75 Å². The summed E-state index contributed by atoms with van der Waals surface area (Å²) in [6.45, 7) is 2.60. The molecule has 2 aromatic carbocycles. The predicted molar refractivity (Wildman–Crippen MR) is 93.0 cm³/mol. The minimum Gasteiger partial charge on any atom is -0.494 e. The Morgan fingerprint density at radius 1 is 1.13 bits per heavy atom. The predicted octanol–water partition coefficient (Wildman–Crippen LogP) is 4.28. The van der Waals surface area contributed by atoms with E-state index in [2.05, 4.69) is 17.4 Å². The summed E-state index contributed by atoms with van der Waals surface area (Å²) in [6.07, 6.45) is 4.71. The number of benzene rings is 2. The lowest BCUT2D eigenvalue weighted by Crippen LogP contribution is -2.13. The molecule has 0 heterocycles. The molecule has 0 bridgehead atoms. The Morgan fingerprint density at radius 3 is 2.87 bits per heavy atom. The van der Waals surface area contributed by atoms with E-state index in [0.717, 1.165) is 17.9 Å². The Morgan fingerprint density at radius 2 is 2.00 bits per heavy atom. The number of nitrogens with one attached hydrogen (secondary N) is 1. The Balaban J connectivity index is 1.41. The zero-order valence-corrected chi connectivity index (χ0v) is 13.6. The van der Waals surface area contributed by atoms with E-state index in [0.29, 0.717) is 19.4 Å². The van der Waals surface area contributed by atoms with E-state index < -0.39 is 0 Å². The molecule has 120 valence electrons. The van der Waals surface area contributed by atoms with E-state index in [1.165, 1.54) is 29.5 Å². The molecule has 1 aliphatic rings. The van der Waals surface area contributed by atoms with Crippen molar-refractivity contribution < 1.29 is 9.53 Å². The number of fused-ring (bicyclic) bond motifs is 1. The van der Waals surface area contributed by atoms with Crippen molar-refractivity contribution in [2.24, 2.45) is 0 Å². The van der Waals surface area contributed by atoms with Gasteiger partial charge in [-0.15, -0.1) is 0 Å². The van der Waals surface area contributed by atoms with Crippen molar-refractivity contribution in [3.63, 3.8) is 0 Å². The van der Waals surface area contributed by atoms with Crippen molar-refractivity contribution in [3.8, 4) is 5.75 Å². The molecule has 0 atom stereocenters. The van der Waals surface area contributed by atoms with Gasteiger partial charge in [-0.05, 0) is 73.6 Å². The highest BCUT2D eigenvalue weighted by molar-refractivity contribution is 5.90. The number of hydrogen-bond acceptors (Lipinski definition) is 2. The molecule has 0 spiro atoms. The van der Waals surface area contributed by atoms with Gasteiger partial charge in [0.2, 0.25) is 5.91 Å². The monoisotopic (exact) mass is 309 g/mol. The summed E-state index contributed by atoms with van der Waals surface area (Å²) >= 11 is 0. The van der Waals surface area contributed by atoms with Crippen LogP contribution in [0.2, 0.25) is 0 Å². The van der Waals surface area contributed by atoms with Crippen LogP contribution in [0.1, 0.15) is 36.0 Å². The molecule has 0 saturated carbocycles. The lowest BCUT2D eigenvalue weighted by atomic mass is 10.1. The molecule has 0 aliphatic heterocycles. The highest BCUT2D eigenvalue weighted by Gasteiger charge is 2.11. The number of hydrogen-bond donors (Lipinski definition) is 1. The maximum Gasteiger partial charge on any atom is 0.224 e. The smallest absolute Gasteiger partial charge is 0.224 e. The molecule has 0 radical (unpaired) electrons. The van der Waals surface area contributed by atoms with Gasteiger partial charge in [-0.3, -0.25) is 4.79 Å². The first-order valence-corrected chi connectivity index (χ1v) is 8.32. The van der Waals surface area contributed by atoms with Gasteiger partial charge in [0.1, 0.15) is 5.75 Å². The van der Waals surface area contributed by atoms with Gasteiger partial charge in [-0.2, -0.15) is 0 Å². The Hall–Kier alpha value is -2.29. The standard InChI is InChI=1S/C20H23NO2/c1-15-5-2-8-19(13-15)23-12-4-9-20(22)21-18-11-10-16-6-3-7-17(16)14-18/h2,5,8,10-11,13-14H,3-4,6-7,9,12H2,1H3,(H,21,22). The molecule has 1 aliphatic carbocycles. The molecule has 3 rings (SSSR count). The van der Waals surface area contributed by atoms with Gasteiger partial charge in [0.05, 0.1) is 6.61 Å². The molecule has 3 heteroatoms. The van der Waals surface area contributed by atoms with E-state index in [4.69, 9.17) is 4.74 Å². The van der Waals surface area contributed by atoms with E-state index in [1.54, 1.807) is 0 Å². The van der Waals surface area contributed by atoms with Gasteiger partial charge < -0.3 is 10.1 Å². The topological polar surface area (TPSA) is 38.3 Å². The molecular formula is C20H23NO2. The van der Waals surface area contributed by atoms with Crippen molar-refractivity contribution in [1.29, 1.82) is 0 Å². The van der Waals surface area contributed by atoms with E-state index in [9.17, 15) is 4.79 Å². The van der Waals surface area contributed by atoms with Crippen molar-refractivity contribution in [3.05, 3.63) is 59.2 Å². The van der Waals surface area contributed by atoms with Crippen LogP contribution < -0.4 is 10.1 Å². The van der Waals surface area contributed by atoms with Crippen LogP contribution in [0.15, 0.2) is 42.5 Å². The van der Waals surface area contributed by atoms with Crippen LogP contribution in [0.4, 0.5) is 5.69 Å². The summed E-state index contributed by atoms with van der Waals surface area (Å²) in [5.41, 5.74) is 4.90. The van der Waals surface area contributed by atoms with Gasteiger partial charge in [0, 0.05) is 12.1 Å². The summed E-state index contributed by atoms with van der Waals surface area (Å²) in [6, 6.07) is 14.2. The molecule has 1 amide bonds. The molecule has 0 unspecified atom stereocenters. The SMILES string of the molecule is Cc1cccc(OCCCC(=O)Nc2ccc3c(c2)CCC3)c1. The minimum absolute atomic E-state index is 0.0517. The van der Waals surface area contributed by atoms with Crippen molar-refractivity contribution >= 4 is 11.6 Å². The quantitative estimate of drug-likeness (QED) is 0.809. The minimum atomic E-state index is 0.0517. The Bertz CT molecular complexity index is 694. The third-order valence-electron chi connectivity index (χ3n) is 4.19. The van der Waals surface area contributed by atoms with E-state index >= 15 is 0 Å². The highest BCUT2D eigenvalue weighted by atomic mass is 16.5. The van der Waals surface area contributed by atoms with Crippen LogP contribution in [0.25, 0.3) is 0 Å². The maximum absolute atomic E-state index is 12.0. The second-order valence-corrected chi connectivity index (χ2v) is 6.15. The van der Waals surface area contributed by atoms with Gasteiger partial charge in [-0.25, -0.2) is 0 Å². The number of anilines is 1. The number of rotatable bonds is 6. The summed E-state index contributed by atoms with van der Waals surface area (Å²) < 4.78 is 5.67. The van der Waals surface area contributed by atoms with Crippen LogP contribution in [0.3, 0.4) is 0 Å². The van der Waals surface area contributed by atoms with E-state index in [1.807, 2.05) is 37.3 Å². The summed E-state index contributed by atoms with van der Waals surface area (Å²) in [7, 11) is 0. The van der Waals surface area contributed by atoms with Gasteiger partial charge >= 0.3 is 0 Å². The Labute approximate surface area is 137 Å². The zero-order chi connectivity index (χ0) is 16.1. The van der Waals surface area contributed by atoms with Crippen molar-refractivity contribution in [2.75, 3.05) is 11.9 Å². The number of amides is 1. The van der Waals surface area contributed by atoms with Crippen LogP contribution in [0, 0.1) is 6.92 Å². The first-order valence-electron chi connectivity index (χ1n) is 8.32. The summed E-state index contributed by atoms with van der Waals surface area (Å²) in [4.78, 5) is 12.0. The van der Waals surface area contributed by atoms with Crippen molar-refractivity contribution in [2.45, 2.75) is 39.0 Å². The molecule has 2 aromatic rings. The zero-order valence-electron chi connectivity index (χ0n) is 13.6. The van der Waals surface area contributed by atoms with E-state index in [-0.39, 0.29) is 5.91 Å². The average Bonchev–Trinajstić information content (AvgIpc) is 2.99. The van der Waals surface area contributed by atoms with Crippen LogP contribution in [-0.2, 0) is 17.6 Å². The third-order valence-corrected chi connectivity index (χ3v) is 4.19. The van der Waals surface area contributed by atoms with Crippen LogP contribution >= 0.6 is 0 Å². The number of carbonyl (C=O) groups excluding carboxylic acids is 1. The second kappa shape index (κ2) is 7.32. The lowest BCUT2D eigenvalue weighted by Gasteiger charge is -2.09.